The first-order valence-electron chi connectivity index (χ1n) is 6.88. The van der Waals surface area contributed by atoms with Gasteiger partial charge in [0.1, 0.15) is 0 Å². The molecule has 1 N–H and O–H groups in total. The van der Waals surface area contributed by atoms with Crippen molar-refractivity contribution in [2.75, 3.05) is 0 Å². The Balaban J connectivity index is 2.39. The van der Waals surface area contributed by atoms with E-state index in [1.54, 1.807) is 12.3 Å². The van der Waals surface area contributed by atoms with Crippen molar-refractivity contribution in [3.05, 3.63) is 35.5 Å². The van der Waals surface area contributed by atoms with E-state index in [4.69, 9.17) is 0 Å². The highest BCUT2D eigenvalue weighted by molar-refractivity contribution is 6.09. The number of H-pyrrole nitrogens is 1. The van der Waals surface area contributed by atoms with Crippen molar-refractivity contribution in [1.29, 1.82) is 5.26 Å². The predicted octanol–water partition coefficient (Wildman–Crippen LogP) is 4.29. The summed E-state index contributed by atoms with van der Waals surface area (Å²) in [6, 6.07) is 7.62. The van der Waals surface area contributed by atoms with Crippen molar-refractivity contribution in [3.63, 3.8) is 0 Å². The number of aromatic amines is 1. The number of ketones is 1. The zero-order chi connectivity index (χ0) is 14.9. The highest BCUT2D eigenvalue weighted by Crippen LogP contribution is 2.31. The van der Waals surface area contributed by atoms with Gasteiger partial charge in [0.2, 0.25) is 0 Å². The van der Waals surface area contributed by atoms with Crippen LogP contribution in [-0.4, -0.2) is 10.8 Å². The Labute approximate surface area is 119 Å². The van der Waals surface area contributed by atoms with Crippen LogP contribution >= 0.6 is 0 Å². The fourth-order valence-corrected chi connectivity index (χ4v) is 2.19. The molecular formula is C17H20N2O. The highest BCUT2D eigenvalue weighted by atomic mass is 16.1. The molecule has 0 saturated carbocycles. The molecular weight excluding hydrogens is 248 g/mol. The molecule has 2 rings (SSSR count). The van der Waals surface area contributed by atoms with E-state index in [9.17, 15) is 10.1 Å². The summed E-state index contributed by atoms with van der Waals surface area (Å²) >= 11 is 0. The van der Waals surface area contributed by atoms with E-state index in [-0.39, 0.29) is 17.1 Å². The van der Waals surface area contributed by atoms with Gasteiger partial charge in [-0.2, -0.15) is 5.26 Å². The number of carbonyl (C=O) groups excluding carboxylic acids is 1. The Kier molecular flexibility index (Phi) is 3.67. The topological polar surface area (TPSA) is 56.6 Å². The summed E-state index contributed by atoms with van der Waals surface area (Å²) in [6.07, 6.45) is 2.22. The summed E-state index contributed by atoms with van der Waals surface area (Å²) in [7, 11) is 0. The van der Waals surface area contributed by atoms with Crippen molar-refractivity contribution in [3.8, 4) is 6.07 Å². The van der Waals surface area contributed by atoms with Gasteiger partial charge in [-0.1, -0.05) is 33.8 Å². The first-order chi connectivity index (χ1) is 9.34. The van der Waals surface area contributed by atoms with E-state index < -0.39 is 0 Å². The van der Waals surface area contributed by atoms with Gasteiger partial charge in [0.25, 0.3) is 0 Å². The second kappa shape index (κ2) is 5.13. The van der Waals surface area contributed by atoms with Crippen LogP contribution in [0.2, 0.25) is 0 Å². The number of fused-ring (bicyclic) bond motifs is 1. The van der Waals surface area contributed by atoms with Gasteiger partial charge in [-0.15, -0.1) is 0 Å². The standard InChI is InChI=1S/C17H20N2O/c1-11(17(2,3)4)8-15(20)13-10-19-14-7-5-6-12(9-18)16(13)14/h5-7,10-11,19H,8H2,1-4H3. The Bertz CT molecular complexity index is 683. The smallest absolute Gasteiger partial charge is 0.165 e. The Morgan fingerprint density at radius 1 is 1.40 bits per heavy atom. The molecule has 0 bridgehead atoms. The lowest BCUT2D eigenvalue weighted by molar-refractivity contribution is 0.0929. The molecule has 3 heteroatoms. The molecule has 1 unspecified atom stereocenters. The summed E-state index contributed by atoms with van der Waals surface area (Å²) < 4.78 is 0. The molecule has 0 radical (unpaired) electrons. The van der Waals surface area contributed by atoms with Gasteiger partial charge in [0, 0.05) is 29.1 Å². The molecule has 20 heavy (non-hydrogen) atoms. The zero-order valence-corrected chi connectivity index (χ0v) is 12.4. The van der Waals surface area contributed by atoms with Crippen molar-refractivity contribution in [1.82, 2.24) is 4.98 Å². The molecule has 1 aromatic heterocycles. The number of carbonyl (C=O) groups is 1. The van der Waals surface area contributed by atoms with Crippen LogP contribution in [-0.2, 0) is 0 Å². The van der Waals surface area contributed by atoms with Gasteiger partial charge >= 0.3 is 0 Å². The van der Waals surface area contributed by atoms with Gasteiger partial charge in [-0.05, 0) is 23.5 Å². The summed E-state index contributed by atoms with van der Waals surface area (Å²) in [5, 5.41) is 9.95. The largest absolute Gasteiger partial charge is 0.360 e. The summed E-state index contributed by atoms with van der Waals surface area (Å²) in [6.45, 7) is 8.51. The van der Waals surface area contributed by atoms with Crippen molar-refractivity contribution in [2.24, 2.45) is 11.3 Å². The number of Topliss-reactive ketones (excluding diaryl/α,β-unsaturated/α-hetero) is 1. The summed E-state index contributed by atoms with van der Waals surface area (Å²) in [5.41, 5.74) is 2.12. The number of benzene rings is 1. The average molecular weight is 268 g/mol. The third kappa shape index (κ3) is 2.60. The lowest BCUT2D eigenvalue weighted by atomic mass is 9.78. The van der Waals surface area contributed by atoms with Gasteiger partial charge < -0.3 is 4.98 Å². The van der Waals surface area contributed by atoms with E-state index >= 15 is 0 Å². The fourth-order valence-electron chi connectivity index (χ4n) is 2.19. The molecule has 0 aliphatic heterocycles. The fraction of sp³-hybridized carbons (Fsp3) is 0.412. The molecule has 0 aliphatic carbocycles. The first kappa shape index (κ1) is 14.3. The van der Waals surface area contributed by atoms with Crippen LogP contribution in [0.25, 0.3) is 10.9 Å². The predicted molar refractivity (Wildman–Crippen MR) is 80.6 cm³/mol. The van der Waals surface area contributed by atoms with Gasteiger partial charge in [0.05, 0.1) is 11.6 Å². The number of hydrogen-bond donors (Lipinski definition) is 1. The maximum atomic E-state index is 12.5. The molecule has 1 aromatic carbocycles. The van der Waals surface area contributed by atoms with Crippen LogP contribution in [0.5, 0.6) is 0 Å². The van der Waals surface area contributed by atoms with Crippen LogP contribution in [0.15, 0.2) is 24.4 Å². The van der Waals surface area contributed by atoms with Crippen LogP contribution in [0.3, 0.4) is 0 Å². The van der Waals surface area contributed by atoms with E-state index in [2.05, 4.69) is 38.7 Å². The van der Waals surface area contributed by atoms with Crippen LogP contribution in [0.1, 0.15) is 50.0 Å². The molecule has 1 heterocycles. The Morgan fingerprint density at radius 3 is 2.70 bits per heavy atom. The highest BCUT2D eigenvalue weighted by Gasteiger charge is 2.24. The zero-order valence-electron chi connectivity index (χ0n) is 12.4. The first-order valence-corrected chi connectivity index (χ1v) is 6.88. The number of rotatable bonds is 3. The lowest BCUT2D eigenvalue weighted by Crippen LogP contribution is -2.20. The SMILES string of the molecule is CC(CC(=O)c1c[nH]c2cccc(C#N)c12)C(C)(C)C. The summed E-state index contributed by atoms with van der Waals surface area (Å²) in [5.74, 6) is 0.385. The second-order valence-electron chi connectivity index (χ2n) is 6.44. The van der Waals surface area contributed by atoms with Crippen molar-refractivity contribution < 1.29 is 4.79 Å². The number of hydrogen-bond acceptors (Lipinski definition) is 2. The van der Waals surface area contributed by atoms with E-state index in [1.165, 1.54) is 0 Å². The molecule has 3 nitrogen and oxygen atoms in total. The van der Waals surface area contributed by atoms with Crippen molar-refractivity contribution >= 4 is 16.7 Å². The quantitative estimate of drug-likeness (QED) is 0.844. The minimum Gasteiger partial charge on any atom is -0.360 e. The molecule has 0 aliphatic rings. The molecule has 2 aromatic rings. The van der Waals surface area contributed by atoms with Crippen molar-refractivity contribution in [2.45, 2.75) is 34.1 Å². The third-order valence-corrected chi connectivity index (χ3v) is 4.10. The maximum Gasteiger partial charge on any atom is 0.165 e. The second-order valence-corrected chi connectivity index (χ2v) is 6.44. The van der Waals surface area contributed by atoms with Crippen LogP contribution in [0, 0.1) is 22.7 Å². The van der Waals surface area contributed by atoms with E-state index in [0.29, 0.717) is 17.5 Å². The van der Waals surface area contributed by atoms with E-state index in [1.807, 2.05) is 12.1 Å². The average Bonchev–Trinajstić information content (AvgIpc) is 2.81. The molecule has 0 spiro atoms. The van der Waals surface area contributed by atoms with Gasteiger partial charge in [-0.3, -0.25) is 4.79 Å². The van der Waals surface area contributed by atoms with Crippen LogP contribution < -0.4 is 0 Å². The van der Waals surface area contributed by atoms with Gasteiger partial charge in [-0.25, -0.2) is 0 Å². The molecule has 0 amide bonds. The number of aromatic nitrogens is 1. The number of nitrogens with one attached hydrogen (secondary N) is 1. The molecule has 104 valence electrons. The van der Waals surface area contributed by atoms with Crippen LogP contribution in [0.4, 0.5) is 0 Å². The third-order valence-electron chi connectivity index (χ3n) is 4.10. The lowest BCUT2D eigenvalue weighted by Gasteiger charge is -2.26. The minimum atomic E-state index is 0.0971. The van der Waals surface area contributed by atoms with Gasteiger partial charge in [0.15, 0.2) is 5.78 Å². The Hall–Kier alpha value is -2.08. The monoisotopic (exact) mass is 268 g/mol. The normalized spacial score (nSPS) is 13.2. The molecule has 1 atom stereocenters. The molecule has 0 fully saturated rings. The Morgan fingerprint density at radius 2 is 2.10 bits per heavy atom. The number of nitriles is 1. The maximum absolute atomic E-state index is 12.5. The minimum absolute atomic E-state index is 0.0971. The summed E-state index contributed by atoms with van der Waals surface area (Å²) in [4.78, 5) is 15.6. The number of nitrogens with zero attached hydrogens (tertiary/aromatic N) is 1. The molecule has 0 saturated heterocycles. The van der Waals surface area contributed by atoms with E-state index in [0.717, 1.165) is 10.9 Å².